The molecular formula is C23H33N3S. The fraction of sp³-hybridized carbons (Fsp3) is 0.391. The third-order valence-corrected chi connectivity index (χ3v) is 5.39. The van der Waals surface area contributed by atoms with Crippen LogP contribution in [0.3, 0.4) is 0 Å². The van der Waals surface area contributed by atoms with Crippen LogP contribution < -0.4 is 0 Å². The second kappa shape index (κ2) is 10.9. The van der Waals surface area contributed by atoms with Crippen LogP contribution in [-0.2, 0) is 0 Å². The molecule has 2 aliphatic heterocycles. The van der Waals surface area contributed by atoms with Crippen molar-refractivity contribution in [2.75, 3.05) is 19.6 Å². The number of nitrogens with zero attached hydrogens (tertiary/aromatic N) is 2. The molecule has 27 heavy (non-hydrogen) atoms. The highest BCUT2D eigenvalue weighted by Crippen LogP contribution is 2.34. The van der Waals surface area contributed by atoms with E-state index in [1.807, 2.05) is 57.7 Å². The summed E-state index contributed by atoms with van der Waals surface area (Å²) in [4.78, 5) is 10.4. The average Bonchev–Trinajstić information content (AvgIpc) is 3.32. The molecule has 0 radical (unpaired) electrons. The molecule has 3 aliphatic rings. The number of aromatic amines is 1. The summed E-state index contributed by atoms with van der Waals surface area (Å²) in [6.07, 6.45) is 14.7. The van der Waals surface area contributed by atoms with Crippen molar-refractivity contribution in [3.05, 3.63) is 58.5 Å². The van der Waals surface area contributed by atoms with Crippen LogP contribution in [0.15, 0.2) is 46.6 Å². The zero-order valence-corrected chi connectivity index (χ0v) is 17.9. The van der Waals surface area contributed by atoms with Crippen LogP contribution in [0.25, 0.3) is 17.7 Å². The van der Waals surface area contributed by atoms with Gasteiger partial charge in [0.1, 0.15) is 5.84 Å². The van der Waals surface area contributed by atoms with Crippen LogP contribution in [0, 0.1) is 0 Å². The van der Waals surface area contributed by atoms with E-state index in [0.717, 1.165) is 25.3 Å². The van der Waals surface area contributed by atoms with Gasteiger partial charge in [-0.25, -0.2) is 0 Å². The van der Waals surface area contributed by atoms with Crippen molar-refractivity contribution in [3.8, 4) is 0 Å². The summed E-state index contributed by atoms with van der Waals surface area (Å²) in [5.41, 5.74) is 7.99. The standard InChI is InChI=1S/C19H19N3S.2C2H6.H2/c1-2-22-11-10-20-19(22)18-9-8-14(13-23-18)16-12-21-17-7-5-3-4-6-15(16)17;2*1-2;/h3-4,6-9,12-13,18,21H,2,10-11H2,1H3;2*1-2H3;1H. The third-order valence-electron chi connectivity index (χ3n) is 4.34. The molecule has 3 heterocycles. The van der Waals surface area contributed by atoms with Crippen LogP contribution in [-0.4, -0.2) is 40.6 Å². The maximum absolute atomic E-state index is 4.69. The number of thioether (sulfide) groups is 1. The first-order valence-corrected chi connectivity index (χ1v) is 10.9. The first-order chi connectivity index (χ1) is 13.4. The van der Waals surface area contributed by atoms with Gasteiger partial charge in [-0.05, 0) is 24.0 Å². The van der Waals surface area contributed by atoms with Gasteiger partial charge in [-0.1, -0.05) is 52.0 Å². The lowest BCUT2D eigenvalue weighted by molar-refractivity contribution is 0.478. The van der Waals surface area contributed by atoms with Gasteiger partial charge in [0, 0.05) is 37.9 Å². The number of hydrogen-bond donors (Lipinski definition) is 1. The Hall–Kier alpha value is -2.16. The maximum atomic E-state index is 4.69. The molecule has 1 aromatic heterocycles. The molecule has 4 heteroatoms. The van der Waals surface area contributed by atoms with Gasteiger partial charge in [0.25, 0.3) is 0 Å². The molecule has 1 atom stereocenters. The summed E-state index contributed by atoms with van der Waals surface area (Å²) >= 11 is 1.85. The van der Waals surface area contributed by atoms with Gasteiger partial charge in [-0.2, -0.15) is 0 Å². The minimum atomic E-state index is 0. The molecule has 0 saturated heterocycles. The molecule has 146 valence electrons. The molecule has 4 rings (SSSR count). The Balaban J connectivity index is 0.000000739. The van der Waals surface area contributed by atoms with Crippen molar-refractivity contribution < 1.29 is 1.43 Å². The number of H-pyrrole nitrogens is 1. The summed E-state index contributed by atoms with van der Waals surface area (Å²) in [5, 5.41) is 2.61. The Morgan fingerprint density at radius 1 is 1.30 bits per heavy atom. The third kappa shape index (κ3) is 4.77. The lowest BCUT2D eigenvalue weighted by atomic mass is 10.0. The zero-order chi connectivity index (χ0) is 19.6. The molecule has 1 aliphatic carbocycles. The van der Waals surface area contributed by atoms with Gasteiger partial charge < -0.3 is 9.88 Å². The van der Waals surface area contributed by atoms with Crippen LogP contribution >= 0.6 is 11.8 Å². The van der Waals surface area contributed by atoms with E-state index in [1.54, 1.807) is 0 Å². The van der Waals surface area contributed by atoms with E-state index in [0.29, 0.717) is 5.25 Å². The molecule has 0 aromatic carbocycles. The van der Waals surface area contributed by atoms with Crippen molar-refractivity contribution in [1.82, 2.24) is 9.88 Å². The van der Waals surface area contributed by atoms with Crippen molar-refractivity contribution in [3.63, 3.8) is 0 Å². The monoisotopic (exact) mass is 383 g/mol. The van der Waals surface area contributed by atoms with E-state index >= 15 is 0 Å². The number of fused-ring (bicyclic) bond motifs is 1. The Bertz CT molecular complexity index is 808. The SMILES string of the molecule is CC.CC.CCN1CCN=C1C1C=CC(c2c[nH]c3c2C=CC=C=C3)=CS1.[HH]. The zero-order valence-electron chi connectivity index (χ0n) is 17.1. The number of rotatable bonds is 3. The molecule has 1 unspecified atom stereocenters. The van der Waals surface area contributed by atoms with Crippen LogP contribution in [0.1, 0.15) is 52.9 Å². The van der Waals surface area contributed by atoms with Gasteiger partial charge in [0.2, 0.25) is 0 Å². The van der Waals surface area contributed by atoms with Gasteiger partial charge in [0.15, 0.2) is 0 Å². The molecule has 1 N–H and O–H groups in total. The van der Waals surface area contributed by atoms with Crippen molar-refractivity contribution in [1.29, 1.82) is 0 Å². The minimum absolute atomic E-state index is 0. The topological polar surface area (TPSA) is 31.4 Å². The Kier molecular flexibility index (Phi) is 8.50. The second-order valence-corrected chi connectivity index (χ2v) is 6.69. The maximum Gasteiger partial charge on any atom is 0.116 e. The molecule has 3 nitrogen and oxygen atoms in total. The lowest BCUT2D eigenvalue weighted by Crippen LogP contribution is -2.33. The fourth-order valence-corrected chi connectivity index (χ4v) is 4.15. The van der Waals surface area contributed by atoms with Crippen molar-refractivity contribution in [2.45, 2.75) is 39.9 Å². The Labute approximate surface area is 169 Å². The number of amidine groups is 1. The highest BCUT2D eigenvalue weighted by molar-refractivity contribution is 8.03. The largest absolute Gasteiger partial charge is 0.360 e. The molecule has 0 spiro atoms. The van der Waals surface area contributed by atoms with Crippen molar-refractivity contribution >= 4 is 35.3 Å². The van der Waals surface area contributed by atoms with Crippen LogP contribution in [0.2, 0.25) is 0 Å². The number of allylic oxidation sites excluding steroid dienone is 4. The Morgan fingerprint density at radius 3 is 2.81 bits per heavy atom. The lowest BCUT2D eigenvalue weighted by Gasteiger charge is -2.24. The molecule has 0 fully saturated rings. The highest BCUT2D eigenvalue weighted by Gasteiger charge is 2.24. The normalized spacial score (nSPS) is 19.3. The van der Waals surface area contributed by atoms with Gasteiger partial charge >= 0.3 is 0 Å². The van der Waals surface area contributed by atoms with E-state index in [9.17, 15) is 0 Å². The molecule has 0 saturated carbocycles. The van der Waals surface area contributed by atoms with Crippen LogP contribution in [0.5, 0.6) is 0 Å². The summed E-state index contributed by atoms with van der Waals surface area (Å²) in [5.74, 6) is 1.23. The van der Waals surface area contributed by atoms with E-state index < -0.39 is 0 Å². The van der Waals surface area contributed by atoms with E-state index in [-0.39, 0.29) is 1.43 Å². The smallest absolute Gasteiger partial charge is 0.116 e. The van der Waals surface area contributed by atoms with Crippen LogP contribution in [0.4, 0.5) is 0 Å². The van der Waals surface area contributed by atoms with Gasteiger partial charge in [-0.3, -0.25) is 4.99 Å². The highest BCUT2D eigenvalue weighted by atomic mass is 32.2. The van der Waals surface area contributed by atoms with E-state index in [4.69, 9.17) is 0 Å². The molecule has 0 amide bonds. The van der Waals surface area contributed by atoms with Gasteiger partial charge in [-0.15, -0.1) is 17.5 Å². The van der Waals surface area contributed by atoms with E-state index in [1.165, 1.54) is 22.5 Å². The molecule has 0 bridgehead atoms. The van der Waals surface area contributed by atoms with E-state index in [2.05, 4.69) is 57.4 Å². The molecule has 1 aromatic rings. The summed E-state index contributed by atoms with van der Waals surface area (Å²) in [6, 6.07) is 0. The fourth-order valence-electron chi connectivity index (χ4n) is 3.13. The van der Waals surface area contributed by atoms with Gasteiger partial charge in [0.05, 0.1) is 17.5 Å². The second-order valence-electron chi connectivity index (χ2n) is 5.68. The first kappa shape index (κ1) is 21.1. The quantitative estimate of drug-likeness (QED) is 0.625. The predicted octanol–water partition coefficient (Wildman–Crippen LogP) is 6.25. The summed E-state index contributed by atoms with van der Waals surface area (Å²) in [6.45, 7) is 13.2. The minimum Gasteiger partial charge on any atom is -0.360 e. The predicted molar refractivity (Wildman–Crippen MR) is 125 cm³/mol. The number of aromatic nitrogens is 1. The molecular weight excluding hydrogens is 350 g/mol. The number of nitrogens with one attached hydrogen (secondary N) is 1. The summed E-state index contributed by atoms with van der Waals surface area (Å²) in [7, 11) is 0. The average molecular weight is 384 g/mol. The Morgan fingerprint density at radius 2 is 2.11 bits per heavy atom. The number of likely N-dealkylation sites (N-methyl/N-ethyl adjacent to an activating group) is 1. The first-order valence-electron chi connectivity index (χ1n) is 10.0. The number of aliphatic imine (C=N–C) groups is 1. The van der Waals surface area contributed by atoms with Crippen molar-refractivity contribution in [2.24, 2.45) is 4.99 Å². The number of hydrogen-bond acceptors (Lipinski definition) is 3. The summed E-state index contributed by atoms with van der Waals surface area (Å²) < 4.78 is 0.